The van der Waals surface area contributed by atoms with Gasteiger partial charge in [0.15, 0.2) is 0 Å². The van der Waals surface area contributed by atoms with Crippen molar-refractivity contribution < 1.29 is 0 Å². The summed E-state index contributed by atoms with van der Waals surface area (Å²) in [6.45, 7) is 9.77. The van der Waals surface area contributed by atoms with Crippen molar-refractivity contribution in [2.45, 2.75) is 52.1 Å². The molecule has 0 rings (SSSR count). The summed E-state index contributed by atoms with van der Waals surface area (Å²) in [6, 6.07) is 1.14. The van der Waals surface area contributed by atoms with Crippen molar-refractivity contribution in [2.24, 2.45) is 5.73 Å². The fourth-order valence-electron chi connectivity index (χ4n) is 2.42. The highest BCUT2D eigenvalue weighted by atomic mass is 15.2. The average Bonchev–Trinajstić information content (AvgIpc) is 2.22. The van der Waals surface area contributed by atoms with Crippen molar-refractivity contribution >= 4 is 0 Å². The fourth-order valence-corrected chi connectivity index (χ4v) is 2.42. The zero-order valence-electron chi connectivity index (χ0n) is 11.9. The van der Waals surface area contributed by atoms with Crippen molar-refractivity contribution in [2.75, 3.05) is 33.7 Å². The summed E-state index contributed by atoms with van der Waals surface area (Å²) in [5.41, 5.74) is 5.90. The molecule has 2 unspecified atom stereocenters. The summed E-state index contributed by atoms with van der Waals surface area (Å²) in [6.07, 6.45) is 3.78. The normalized spacial score (nSPS) is 15.8. The molecular formula is C13H31N3. The maximum Gasteiger partial charge on any atom is 0.0221 e. The molecule has 0 saturated heterocycles. The maximum absolute atomic E-state index is 5.90. The van der Waals surface area contributed by atoms with Gasteiger partial charge in [0.05, 0.1) is 0 Å². The van der Waals surface area contributed by atoms with Gasteiger partial charge in [-0.05, 0) is 34.0 Å². The minimum atomic E-state index is 0.555. The topological polar surface area (TPSA) is 32.5 Å². The Labute approximate surface area is 102 Å². The standard InChI is InChI=1S/C13H31N3/c1-6-8-9-13(10-14)16(7-2)12(3)11-15(4)5/h12-13H,6-11,14H2,1-5H3. The summed E-state index contributed by atoms with van der Waals surface area (Å²) < 4.78 is 0. The maximum atomic E-state index is 5.90. The zero-order valence-corrected chi connectivity index (χ0v) is 11.9. The van der Waals surface area contributed by atoms with Crippen LogP contribution in [-0.4, -0.2) is 55.6 Å². The van der Waals surface area contributed by atoms with E-state index in [9.17, 15) is 0 Å². The highest BCUT2D eigenvalue weighted by molar-refractivity contribution is 4.78. The second-order valence-electron chi connectivity index (χ2n) is 4.97. The number of likely N-dealkylation sites (N-methyl/N-ethyl adjacent to an activating group) is 2. The van der Waals surface area contributed by atoms with Crippen LogP contribution < -0.4 is 5.73 Å². The summed E-state index contributed by atoms with van der Waals surface area (Å²) in [5, 5.41) is 0. The molecule has 98 valence electrons. The van der Waals surface area contributed by atoms with Crippen LogP contribution in [0, 0.1) is 0 Å². The minimum absolute atomic E-state index is 0.555. The van der Waals surface area contributed by atoms with E-state index >= 15 is 0 Å². The third kappa shape index (κ3) is 5.83. The first kappa shape index (κ1) is 15.9. The Balaban J connectivity index is 4.29. The molecule has 2 atom stereocenters. The lowest BCUT2D eigenvalue weighted by atomic mass is 10.1. The van der Waals surface area contributed by atoms with Gasteiger partial charge in [0.2, 0.25) is 0 Å². The van der Waals surface area contributed by atoms with Crippen molar-refractivity contribution in [3.05, 3.63) is 0 Å². The lowest BCUT2D eigenvalue weighted by Gasteiger charge is -2.36. The van der Waals surface area contributed by atoms with Gasteiger partial charge in [0.1, 0.15) is 0 Å². The van der Waals surface area contributed by atoms with E-state index in [1.165, 1.54) is 19.3 Å². The van der Waals surface area contributed by atoms with Crippen molar-refractivity contribution in [3.63, 3.8) is 0 Å². The molecular weight excluding hydrogens is 198 g/mol. The summed E-state index contributed by atoms with van der Waals surface area (Å²) in [7, 11) is 4.27. The van der Waals surface area contributed by atoms with Crippen molar-refractivity contribution in [3.8, 4) is 0 Å². The fraction of sp³-hybridized carbons (Fsp3) is 1.00. The van der Waals surface area contributed by atoms with Crippen LogP contribution in [0.3, 0.4) is 0 Å². The first-order valence-electron chi connectivity index (χ1n) is 6.67. The van der Waals surface area contributed by atoms with Crippen LogP contribution in [0.15, 0.2) is 0 Å². The Morgan fingerprint density at radius 2 is 1.81 bits per heavy atom. The van der Waals surface area contributed by atoms with Crippen molar-refractivity contribution in [1.82, 2.24) is 9.80 Å². The molecule has 0 heterocycles. The van der Waals surface area contributed by atoms with Gasteiger partial charge in [-0.1, -0.05) is 26.7 Å². The van der Waals surface area contributed by atoms with E-state index in [2.05, 4.69) is 44.7 Å². The van der Waals surface area contributed by atoms with E-state index in [0.717, 1.165) is 19.6 Å². The van der Waals surface area contributed by atoms with Gasteiger partial charge in [-0.3, -0.25) is 4.90 Å². The molecule has 0 saturated carbocycles. The summed E-state index contributed by atoms with van der Waals surface area (Å²) in [5.74, 6) is 0. The van der Waals surface area contributed by atoms with E-state index in [0.29, 0.717) is 12.1 Å². The highest BCUT2D eigenvalue weighted by Crippen LogP contribution is 2.12. The summed E-state index contributed by atoms with van der Waals surface area (Å²) in [4.78, 5) is 4.80. The molecule has 3 nitrogen and oxygen atoms in total. The Morgan fingerprint density at radius 3 is 2.19 bits per heavy atom. The van der Waals surface area contributed by atoms with Crippen LogP contribution in [0.25, 0.3) is 0 Å². The molecule has 0 fully saturated rings. The van der Waals surface area contributed by atoms with Gasteiger partial charge in [-0.2, -0.15) is 0 Å². The lowest BCUT2D eigenvalue weighted by Crippen LogP contribution is -2.49. The largest absolute Gasteiger partial charge is 0.329 e. The van der Waals surface area contributed by atoms with Gasteiger partial charge < -0.3 is 10.6 Å². The molecule has 0 amide bonds. The SMILES string of the molecule is CCCCC(CN)N(CC)C(C)CN(C)C. The monoisotopic (exact) mass is 229 g/mol. The molecule has 3 heteroatoms. The third-order valence-corrected chi connectivity index (χ3v) is 3.19. The quantitative estimate of drug-likeness (QED) is 0.654. The molecule has 0 aromatic heterocycles. The molecule has 0 aliphatic rings. The van der Waals surface area contributed by atoms with Crippen LogP contribution in [0.5, 0.6) is 0 Å². The number of hydrogen-bond acceptors (Lipinski definition) is 3. The van der Waals surface area contributed by atoms with E-state index in [-0.39, 0.29) is 0 Å². The van der Waals surface area contributed by atoms with E-state index in [1.54, 1.807) is 0 Å². The molecule has 0 aromatic rings. The van der Waals surface area contributed by atoms with Gasteiger partial charge in [0, 0.05) is 25.2 Å². The molecule has 0 radical (unpaired) electrons. The molecule has 0 aromatic carbocycles. The number of unbranched alkanes of at least 4 members (excludes halogenated alkanes) is 1. The molecule has 16 heavy (non-hydrogen) atoms. The smallest absolute Gasteiger partial charge is 0.0221 e. The number of nitrogens with two attached hydrogens (primary N) is 1. The Hall–Kier alpha value is -0.120. The predicted octanol–water partition coefficient (Wildman–Crippen LogP) is 1.78. The third-order valence-electron chi connectivity index (χ3n) is 3.19. The van der Waals surface area contributed by atoms with Gasteiger partial charge in [0.25, 0.3) is 0 Å². The predicted molar refractivity (Wildman–Crippen MR) is 72.8 cm³/mol. The zero-order chi connectivity index (χ0) is 12.6. The van der Waals surface area contributed by atoms with Gasteiger partial charge in [-0.25, -0.2) is 0 Å². The van der Waals surface area contributed by atoms with Crippen LogP contribution >= 0.6 is 0 Å². The van der Waals surface area contributed by atoms with Crippen LogP contribution in [0.4, 0.5) is 0 Å². The van der Waals surface area contributed by atoms with Crippen LogP contribution in [0.2, 0.25) is 0 Å². The molecule has 0 aliphatic heterocycles. The number of rotatable bonds is 9. The van der Waals surface area contributed by atoms with Crippen LogP contribution in [-0.2, 0) is 0 Å². The molecule has 0 bridgehead atoms. The molecule has 0 aliphatic carbocycles. The summed E-state index contributed by atoms with van der Waals surface area (Å²) >= 11 is 0. The second kappa shape index (κ2) is 8.97. The Bertz CT molecular complexity index is 159. The van der Waals surface area contributed by atoms with Gasteiger partial charge in [-0.15, -0.1) is 0 Å². The van der Waals surface area contributed by atoms with E-state index in [1.807, 2.05) is 0 Å². The average molecular weight is 229 g/mol. The first-order valence-corrected chi connectivity index (χ1v) is 6.67. The first-order chi connectivity index (χ1) is 7.56. The van der Waals surface area contributed by atoms with E-state index < -0.39 is 0 Å². The molecule has 0 spiro atoms. The van der Waals surface area contributed by atoms with Gasteiger partial charge >= 0.3 is 0 Å². The second-order valence-corrected chi connectivity index (χ2v) is 4.97. The highest BCUT2D eigenvalue weighted by Gasteiger charge is 2.20. The van der Waals surface area contributed by atoms with E-state index in [4.69, 9.17) is 5.73 Å². The minimum Gasteiger partial charge on any atom is -0.329 e. The number of hydrogen-bond donors (Lipinski definition) is 1. The van der Waals surface area contributed by atoms with Crippen molar-refractivity contribution in [1.29, 1.82) is 0 Å². The van der Waals surface area contributed by atoms with Crippen LogP contribution in [0.1, 0.15) is 40.0 Å². The Morgan fingerprint density at radius 1 is 1.19 bits per heavy atom. The molecule has 2 N–H and O–H groups in total. The lowest BCUT2D eigenvalue weighted by molar-refractivity contribution is 0.123. The Kier molecular flexibility index (Phi) is 8.90. The number of nitrogens with zero attached hydrogens (tertiary/aromatic N) is 2.